The third kappa shape index (κ3) is 2.73. The lowest BCUT2D eigenvalue weighted by Gasteiger charge is -2.08. The van der Waals surface area contributed by atoms with Gasteiger partial charge >= 0.3 is 0 Å². The molecule has 2 aromatic heterocycles. The van der Waals surface area contributed by atoms with Gasteiger partial charge < -0.3 is 0 Å². The minimum Gasteiger partial charge on any atom is -0.296 e. The minimum absolute atomic E-state index is 0.158. The topological polar surface area (TPSA) is 46.5 Å². The zero-order valence-electron chi connectivity index (χ0n) is 10.8. The number of nitrogens with zero attached hydrogens (tertiary/aromatic N) is 3. The van der Waals surface area contributed by atoms with E-state index in [1.165, 1.54) is 12.1 Å². The number of hydrogen-bond acceptors (Lipinski definition) is 3. The van der Waals surface area contributed by atoms with Crippen LogP contribution in [-0.2, 0) is 6.54 Å². The minimum atomic E-state index is -0.616. The van der Waals surface area contributed by atoms with Gasteiger partial charge in [-0.15, -0.1) is 0 Å². The summed E-state index contributed by atoms with van der Waals surface area (Å²) in [5, 5.41) is 6.82. The lowest BCUT2D eigenvalue weighted by atomic mass is 10.2. The van der Waals surface area contributed by atoms with Gasteiger partial charge in [0.15, 0.2) is 10.6 Å². The summed E-state index contributed by atoms with van der Waals surface area (Å²) >= 11 is 5.17. The van der Waals surface area contributed by atoms with Crippen LogP contribution >= 0.6 is 12.2 Å². The highest BCUT2D eigenvalue weighted by Gasteiger charge is 2.12. The molecule has 0 spiro atoms. The zero-order chi connectivity index (χ0) is 14.8. The number of aromatic nitrogens is 4. The van der Waals surface area contributed by atoms with Gasteiger partial charge in [-0.1, -0.05) is 6.07 Å². The molecule has 0 bridgehead atoms. The van der Waals surface area contributed by atoms with Gasteiger partial charge in [-0.05, 0) is 30.4 Å². The number of rotatable bonds is 3. The number of H-pyrrole nitrogens is 1. The molecule has 21 heavy (non-hydrogen) atoms. The maximum Gasteiger partial charge on any atom is 0.195 e. The van der Waals surface area contributed by atoms with Crippen molar-refractivity contribution in [3.05, 3.63) is 64.7 Å². The van der Waals surface area contributed by atoms with E-state index in [9.17, 15) is 8.78 Å². The van der Waals surface area contributed by atoms with E-state index in [4.69, 9.17) is 12.2 Å². The van der Waals surface area contributed by atoms with E-state index in [-0.39, 0.29) is 6.54 Å². The van der Waals surface area contributed by atoms with Gasteiger partial charge in [0.1, 0.15) is 11.6 Å². The van der Waals surface area contributed by atoms with Crippen LogP contribution in [0.1, 0.15) is 5.56 Å². The summed E-state index contributed by atoms with van der Waals surface area (Å²) in [7, 11) is 0. The van der Waals surface area contributed by atoms with Gasteiger partial charge in [0.05, 0.1) is 6.54 Å². The lowest BCUT2D eigenvalue weighted by molar-refractivity contribution is 0.566. The van der Waals surface area contributed by atoms with E-state index < -0.39 is 11.6 Å². The van der Waals surface area contributed by atoms with Crippen molar-refractivity contribution in [1.29, 1.82) is 0 Å². The molecular formula is C14H10F2N4S. The molecule has 0 amide bonds. The molecule has 0 atom stereocenters. The molecule has 0 fully saturated rings. The molecule has 0 saturated heterocycles. The molecule has 1 aromatic carbocycles. The van der Waals surface area contributed by atoms with E-state index >= 15 is 0 Å². The fraction of sp³-hybridized carbons (Fsp3) is 0.0714. The summed E-state index contributed by atoms with van der Waals surface area (Å²) in [6, 6.07) is 7.06. The third-order valence-electron chi connectivity index (χ3n) is 3.02. The molecule has 3 rings (SSSR count). The average molecular weight is 304 g/mol. The van der Waals surface area contributed by atoms with E-state index in [0.29, 0.717) is 16.2 Å². The maximum atomic E-state index is 13.8. The Hall–Kier alpha value is -2.41. The summed E-state index contributed by atoms with van der Waals surface area (Å²) in [6.45, 7) is 0.158. The molecule has 4 nitrogen and oxygen atoms in total. The fourth-order valence-corrected chi connectivity index (χ4v) is 2.20. The van der Waals surface area contributed by atoms with Crippen molar-refractivity contribution >= 4 is 12.2 Å². The van der Waals surface area contributed by atoms with Crippen molar-refractivity contribution in [3.63, 3.8) is 0 Å². The SMILES string of the molecule is Fc1ccc(Cn2c(-c3cccnc3)n[nH]c2=S)c(F)c1. The van der Waals surface area contributed by atoms with Gasteiger partial charge in [0.25, 0.3) is 0 Å². The second-order valence-electron chi connectivity index (χ2n) is 4.42. The molecular weight excluding hydrogens is 294 g/mol. The van der Waals surface area contributed by atoms with Crippen LogP contribution in [0.2, 0.25) is 0 Å². The van der Waals surface area contributed by atoms with E-state index in [2.05, 4.69) is 15.2 Å². The standard InChI is InChI=1S/C14H10F2N4S/c15-11-4-3-10(12(16)6-11)8-20-13(18-19-14(20)21)9-2-1-5-17-7-9/h1-7H,8H2,(H,19,21). The smallest absolute Gasteiger partial charge is 0.195 e. The van der Waals surface area contributed by atoms with Crippen LogP contribution in [0.15, 0.2) is 42.7 Å². The fourth-order valence-electron chi connectivity index (χ4n) is 2.00. The quantitative estimate of drug-likeness (QED) is 0.755. The number of hydrogen-bond donors (Lipinski definition) is 1. The van der Waals surface area contributed by atoms with Crippen molar-refractivity contribution in [3.8, 4) is 11.4 Å². The second kappa shape index (κ2) is 5.53. The van der Waals surface area contributed by atoms with Crippen LogP contribution in [0.3, 0.4) is 0 Å². The highest BCUT2D eigenvalue weighted by molar-refractivity contribution is 7.71. The Balaban J connectivity index is 2.03. The molecule has 0 aliphatic rings. The third-order valence-corrected chi connectivity index (χ3v) is 3.33. The molecule has 0 aliphatic heterocycles. The molecule has 7 heteroatoms. The Morgan fingerprint density at radius 2 is 2.10 bits per heavy atom. The highest BCUT2D eigenvalue weighted by atomic mass is 32.1. The molecule has 0 radical (unpaired) electrons. The summed E-state index contributed by atoms with van der Waals surface area (Å²) in [6.07, 6.45) is 3.29. The van der Waals surface area contributed by atoms with Crippen molar-refractivity contribution in [2.75, 3.05) is 0 Å². The van der Waals surface area contributed by atoms with Gasteiger partial charge in [0, 0.05) is 29.6 Å². The predicted molar refractivity (Wildman–Crippen MR) is 76.1 cm³/mol. The normalized spacial score (nSPS) is 10.8. The number of halogens is 2. The Bertz CT molecular complexity index is 826. The van der Waals surface area contributed by atoms with Crippen molar-refractivity contribution < 1.29 is 8.78 Å². The number of aromatic amines is 1. The predicted octanol–water partition coefficient (Wildman–Crippen LogP) is 3.33. The van der Waals surface area contributed by atoms with Crippen molar-refractivity contribution in [2.24, 2.45) is 0 Å². The second-order valence-corrected chi connectivity index (χ2v) is 4.80. The van der Waals surface area contributed by atoms with Crippen LogP contribution in [0.4, 0.5) is 8.78 Å². The first-order chi connectivity index (χ1) is 10.1. The van der Waals surface area contributed by atoms with E-state index in [0.717, 1.165) is 11.6 Å². The molecule has 106 valence electrons. The zero-order valence-corrected chi connectivity index (χ0v) is 11.6. The monoisotopic (exact) mass is 304 g/mol. The van der Waals surface area contributed by atoms with E-state index in [1.807, 2.05) is 6.07 Å². The molecule has 2 heterocycles. The Kier molecular flexibility index (Phi) is 3.57. The Labute approximate surface area is 124 Å². The van der Waals surface area contributed by atoms with Crippen molar-refractivity contribution in [1.82, 2.24) is 19.7 Å². The number of benzene rings is 1. The highest BCUT2D eigenvalue weighted by Crippen LogP contribution is 2.18. The van der Waals surface area contributed by atoms with Crippen LogP contribution in [0.25, 0.3) is 11.4 Å². The summed E-state index contributed by atoms with van der Waals surface area (Å²) in [5.41, 5.74) is 1.09. The van der Waals surface area contributed by atoms with Gasteiger partial charge in [0.2, 0.25) is 0 Å². The summed E-state index contributed by atoms with van der Waals surface area (Å²) < 4.78 is 28.7. The Morgan fingerprint density at radius 3 is 2.81 bits per heavy atom. The largest absolute Gasteiger partial charge is 0.296 e. The van der Waals surface area contributed by atoms with Crippen LogP contribution in [0, 0.1) is 16.4 Å². The van der Waals surface area contributed by atoms with Gasteiger partial charge in [-0.25, -0.2) is 8.78 Å². The first-order valence-electron chi connectivity index (χ1n) is 6.14. The summed E-state index contributed by atoms with van der Waals surface area (Å²) in [5.74, 6) is -0.674. The van der Waals surface area contributed by atoms with E-state index in [1.54, 1.807) is 23.0 Å². The molecule has 0 saturated carbocycles. The van der Waals surface area contributed by atoms with Crippen LogP contribution < -0.4 is 0 Å². The Morgan fingerprint density at radius 1 is 1.24 bits per heavy atom. The van der Waals surface area contributed by atoms with Crippen LogP contribution in [-0.4, -0.2) is 19.7 Å². The van der Waals surface area contributed by atoms with Crippen LogP contribution in [0.5, 0.6) is 0 Å². The molecule has 0 aliphatic carbocycles. The first-order valence-corrected chi connectivity index (χ1v) is 6.55. The van der Waals surface area contributed by atoms with Gasteiger partial charge in [-0.2, -0.15) is 5.10 Å². The first kappa shape index (κ1) is 13.6. The van der Waals surface area contributed by atoms with Gasteiger partial charge in [-0.3, -0.25) is 14.6 Å². The molecule has 1 N–H and O–H groups in total. The lowest BCUT2D eigenvalue weighted by Crippen LogP contribution is -2.05. The number of nitrogens with one attached hydrogen (secondary N) is 1. The molecule has 0 unspecified atom stereocenters. The maximum absolute atomic E-state index is 13.8. The average Bonchev–Trinajstić information content (AvgIpc) is 2.84. The summed E-state index contributed by atoms with van der Waals surface area (Å²) in [4.78, 5) is 4.02. The molecule has 3 aromatic rings. The van der Waals surface area contributed by atoms with Crippen molar-refractivity contribution in [2.45, 2.75) is 6.54 Å². The number of pyridine rings is 1.